The van der Waals surface area contributed by atoms with Crippen LogP contribution in [0, 0.1) is 0 Å². The zero-order valence-corrected chi connectivity index (χ0v) is 18.4. The third-order valence-electron chi connectivity index (χ3n) is 5.47. The molecule has 0 fully saturated rings. The number of esters is 1. The van der Waals surface area contributed by atoms with Crippen molar-refractivity contribution in [1.29, 1.82) is 0 Å². The minimum atomic E-state index is -1.07. The SMILES string of the molecule is CC(OC(=O)c1ccc2c(=O)n3c(nc2c1)CCCCCC3)C(=O)Nc1cccnc1Cl. The minimum absolute atomic E-state index is 0.0899. The molecular weight excluding hydrogens is 432 g/mol. The molecule has 32 heavy (non-hydrogen) atoms. The highest BCUT2D eigenvalue weighted by atomic mass is 35.5. The van der Waals surface area contributed by atoms with Gasteiger partial charge in [-0.05, 0) is 50.1 Å². The Bertz CT molecular complexity index is 1240. The smallest absolute Gasteiger partial charge is 0.338 e. The van der Waals surface area contributed by atoms with E-state index in [1.807, 2.05) is 0 Å². The molecule has 0 saturated heterocycles. The lowest BCUT2D eigenvalue weighted by Crippen LogP contribution is -2.30. The maximum absolute atomic E-state index is 12.9. The van der Waals surface area contributed by atoms with Crippen LogP contribution < -0.4 is 10.9 Å². The molecule has 0 bridgehead atoms. The molecule has 3 aromatic rings. The van der Waals surface area contributed by atoms with E-state index >= 15 is 0 Å². The van der Waals surface area contributed by atoms with Crippen molar-refractivity contribution in [1.82, 2.24) is 14.5 Å². The highest BCUT2D eigenvalue weighted by molar-refractivity contribution is 6.32. The summed E-state index contributed by atoms with van der Waals surface area (Å²) in [6.45, 7) is 2.13. The lowest BCUT2D eigenvalue weighted by atomic mass is 10.1. The van der Waals surface area contributed by atoms with E-state index in [0.29, 0.717) is 23.1 Å². The number of carbonyl (C=O) groups is 2. The summed E-state index contributed by atoms with van der Waals surface area (Å²) in [5, 5.41) is 3.18. The number of halogens is 1. The van der Waals surface area contributed by atoms with Crippen molar-refractivity contribution in [3.05, 3.63) is 63.4 Å². The van der Waals surface area contributed by atoms with E-state index in [0.717, 1.165) is 37.9 Å². The number of hydrogen-bond donors (Lipinski definition) is 1. The molecule has 8 nitrogen and oxygen atoms in total. The van der Waals surface area contributed by atoms with Crippen LogP contribution in [0.15, 0.2) is 41.3 Å². The highest BCUT2D eigenvalue weighted by Crippen LogP contribution is 2.19. The predicted octanol–water partition coefficient (Wildman–Crippen LogP) is 3.75. The Kier molecular flexibility index (Phi) is 6.50. The van der Waals surface area contributed by atoms with Gasteiger partial charge in [-0.25, -0.2) is 14.8 Å². The summed E-state index contributed by atoms with van der Waals surface area (Å²) >= 11 is 5.94. The Morgan fingerprint density at radius 3 is 2.81 bits per heavy atom. The van der Waals surface area contributed by atoms with Gasteiger partial charge in [0.1, 0.15) is 5.82 Å². The highest BCUT2D eigenvalue weighted by Gasteiger charge is 2.21. The minimum Gasteiger partial charge on any atom is -0.449 e. The Labute approximate surface area is 189 Å². The van der Waals surface area contributed by atoms with Gasteiger partial charge >= 0.3 is 5.97 Å². The summed E-state index contributed by atoms with van der Waals surface area (Å²) < 4.78 is 7.06. The van der Waals surface area contributed by atoms with Crippen molar-refractivity contribution in [2.75, 3.05) is 5.32 Å². The van der Waals surface area contributed by atoms with Crippen LogP contribution in [0.5, 0.6) is 0 Å². The molecule has 0 radical (unpaired) electrons. The Morgan fingerprint density at radius 1 is 1.19 bits per heavy atom. The van der Waals surface area contributed by atoms with Crippen LogP contribution in [0.25, 0.3) is 10.9 Å². The van der Waals surface area contributed by atoms with E-state index in [9.17, 15) is 14.4 Å². The van der Waals surface area contributed by atoms with Crippen molar-refractivity contribution >= 4 is 40.1 Å². The molecule has 2 aromatic heterocycles. The Balaban J connectivity index is 1.53. The molecule has 1 N–H and O–H groups in total. The molecule has 1 aromatic carbocycles. The Hall–Kier alpha value is -3.26. The van der Waals surface area contributed by atoms with Gasteiger partial charge in [-0.1, -0.05) is 24.4 Å². The number of ether oxygens (including phenoxy) is 1. The number of benzene rings is 1. The van der Waals surface area contributed by atoms with E-state index in [2.05, 4.69) is 15.3 Å². The third kappa shape index (κ3) is 4.65. The van der Waals surface area contributed by atoms with Crippen molar-refractivity contribution in [3.63, 3.8) is 0 Å². The van der Waals surface area contributed by atoms with E-state index in [4.69, 9.17) is 16.3 Å². The standard InChI is InChI=1S/C23H23ClN4O4/c1-14(21(29)27-17-7-6-11-25-20(17)24)32-23(31)15-9-10-16-18(13-15)26-19-8-4-2-3-5-12-28(19)22(16)30/h6-7,9-11,13-14H,2-5,8,12H2,1H3,(H,27,29). The number of fused-ring (bicyclic) bond motifs is 2. The van der Waals surface area contributed by atoms with Crippen LogP contribution in [-0.2, 0) is 22.5 Å². The molecule has 9 heteroatoms. The Morgan fingerprint density at radius 2 is 2.00 bits per heavy atom. The molecule has 0 aliphatic carbocycles. The number of amides is 1. The summed E-state index contributed by atoms with van der Waals surface area (Å²) in [5.41, 5.74) is 0.914. The number of rotatable bonds is 4. The number of nitrogens with zero attached hydrogens (tertiary/aromatic N) is 3. The van der Waals surface area contributed by atoms with Gasteiger partial charge in [0.25, 0.3) is 11.5 Å². The zero-order chi connectivity index (χ0) is 22.7. The van der Waals surface area contributed by atoms with Crippen molar-refractivity contribution in [2.45, 2.75) is 51.7 Å². The van der Waals surface area contributed by atoms with Crippen LogP contribution in [0.4, 0.5) is 5.69 Å². The summed E-state index contributed by atoms with van der Waals surface area (Å²) in [7, 11) is 0. The van der Waals surface area contributed by atoms with Crippen molar-refractivity contribution < 1.29 is 14.3 Å². The summed E-state index contributed by atoms with van der Waals surface area (Å²) in [5.74, 6) is -0.471. The lowest BCUT2D eigenvalue weighted by Gasteiger charge is -2.17. The number of hydrogen-bond acceptors (Lipinski definition) is 6. The molecule has 4 rings (SSSR count). The molecule has 1 atom stereocenters. The molecule has 1 aliphatic rings. The second-order valence-electron chi connectivity index (χ2n) is 7.76. The first-order valence-corrected chi connectivity index (χ1v) is 11.0. The number of aromatic nitrogens is 3. The van der Waals surface area contributed by atoms with E-state index in [-0.39, 0.29) is 16.3 Å². The molecule has 3 heterocycles. The molecule has 1 unspecified atom stereocenters. The fraction of sp³-hybridized carbons (Fsp3) is 0.348. The van der Waals surface area contributed by atoms with Gasteiger partial charge in [0.2, 0.25) is 0 Å². The van der Waals surface area contributed by atoms with Crippen LogP contribution in [0.2, 0.25) is 5.15 Å². The van der Waals surface area contributed by atoms with Gasteiger partial charge in [-0.3, -0.25) is 14.2 Å². The largest absolute Gasteiger partial charge is 0.449 e. The normalized spacial score (nSPS) is 14.7. The molecule has 0 spiro atoms. The first-order valence-electron chi connectivity index (χ1n) is 10.6. The molecule has 0 saturated carbocycles. The molecule has 1 aliphatic heterocycles. The summed E-state index contributed by atoms with van der Waals surface area (Å²) in [6.07, 6.45) is 5.32. The zero-order valence-electron chi connectivity index (χ0n) is 17.6. The van der Waals surface area contributed by atoms with Gasteiger partial charge in [-0.2, -0.15) is 0 Å². The summed E-state index contributed by atoms with van der Waals surface area (Å²) in [4.78, 5) is 46.5. The number of pyridine rings is 1. The van der Waals surface area contributed by atoms with Crippen LogP contribution >= 0.6 is 11.6 Å². The predicted molar refractivity (Wildman–Crippen MR) is 121 cm³/mol. The second kappa shape index (κ2) is 9.48. The van der Waals surface area contributed by atoms with Gasteiger partial charge in [0.15, 0.2) is 11.3 Å². The maximum atomic E-state index is 12.9. The lowest BCUT2D eigenvalue weighted by molar-refractivity contribution is -0.123. The van der Waals surface area contributed by atoms with Crippen LogP contribution in [0.3, 0.4) is 0 Å². The fourth-order valence-electron chi connectivity index (χ4n) is 3.72. The number of carbonyl (C=O) groups excluding carboxylic acids is 2. The van der Waals surface area contributed by atoms with Gasteiger partial charge in [0, 0.05) is 19.2 Å². The van der Waals surface area contributed by atoms with Crippen molar-refractivity contribution in [2.24, 2.45) is 0 Å². The van der Waals surface area contributed by atoms with E-state index < -0.39 is 18.0 Å². The summed E-state index contributed by atoms with van der Waals surface area (Å²) in [6, 6.07) is 7.88. The fourth-order valence-corrected chi connectivity index (χ4v) is 3.88. The number of nitrogens with one attached hydrogen (secondary N) is 1. The van der Waals surface area contributed by atoms with Crippen molar-refractivity contribution in [3.8, 4) is 0 Å². The van der Waals surface area contributed by atoms with E-state index in [1.54, 1.807) is 28.8 Å². The van der Waals surface area contributed by atoms with Crippen LogP contribution in [0.1, 0.15) is 48.8 Å². The molecule has 1 amide bonds. The van der Waals surface area contributed by atoms with Gasteiger partial charge in [-0.15, -0.1) is 0 Å². The average molecular weight is 455 g/mol. The molecule has 166 valence electrons. The topological polar surface area (TPSA) is 103 Å². The molecular formula is C23H23ClN4O4. The number of anilines is 1. The number of aryl methyl sites for hydroxylation is 1. The first kappa shape index (κ1) is 22.0. The van der Waals surface area contributed by atoms with Gasteiger partial charge < -0.3 is 10.1 Å². The van der Waals surface area contributed by atoms with Gasteiger partial charge in [0.05, 0.1) is 22.2 Å². The third-order valence-corrected chi connectivity index (χ3v) is 5.77. The second-order valence-corrected chi connectivity index (χ2v) is 8.12. The average Bonchev–Trinajstić information content (AvgIpc) is 2.76. The van der Waals surface area contributed by atoms with E-state index in [1.165, 1.54) is 19.2 Å². The first-order chi connectivity index (χ1) is 15.4. The van der Waals surface area contributed by atoms with Crippen LogP contribution in [-0.4, -0.2) is 32.5 Å². The maximum Gasteiger partial charge on any atom is 0.338 e. The quantitative estimate of drug-likeness (QED) is 0.475. The monoisotopic (exact) mass is 454 g/mol.